The van der Waals surface area contributed by atoms with Gasteiger partial charge in [0.25, 0.3) is 5.92 Å². The number of piperidine rings is 2. The lowest BCUT2D eigenvalue weighted by molar-refractivity contribution is -0.0114. The van der Waals surface area contributed by atoms with Gasteiger partial charge in [0.15, 0.2) is 0 Å². The zero-order chi connectivity index (χ0) is 27.7. The van der Waals surface area contributed by atoms with Crippen molar-refractivity contribution in [3.05, 3.63) is 41.7 Å². The molecule has 222 valence electrons. The van der Waals surface area contributed by atoms with Crippen molar-refractivity contribution in [1.29, 1.82) is 0 Å². The highest BCUT2D eigenvalue weighted by atomic mass is 32.2. The molecule has 4 N–H and O–H groups in total. The van der Waals surface area contributed by atoms with E-state index >= 15 is 0 Å². The highest BCUT2D eigenvalue weighted by Gasteiger charge is 2.47. The molecule has 0 spiro atoms. The van der Waals surface area contributed by atoms with E-state index in [9.17, 15) is 8.78 Å². The molecule has 0 radical (unpaired) electrons. The summed E-state index contributed by atoms with van der Waals surface area (Å²) < 4.78 is 31.6. The van der Waals surface area contributed by atoms with Gasteiger partial charge in [-0.05, 0) is 89.7 Å². The normalized spacial score (nSPS) is 40.2. The maximum Gasteiger partial charge on any atom is 0.251 e. The molecule has 1 aliphatic carbocycles. The number of pyridine rings is 1. The fourth-order valence-corrected chi connectivity index (χ4v) is 8.99. The Morgan fingerprint density at radius 3 is 2.67 bits per heavy atom. The van der Waals surface area contributed by atoms with Gasteiger partial charge in [-0.2, -0.15) is 0 Å². The minimum absolute atomic E-state index is 0.0125. The van der Waals surface area contributed by atoms with Crippen LogP contribution in [0.5, 0.6) is 0 Å². The highest BCUT2D eigenvalue weighted by molar-refractivity contribution is 7.98. The van der Waals surface area contributed by atoms with Gasteiger partial charge in [-0.3, -0.25) is 30.6 Å². The van der Waals surface area contributed by atoms with Crippen molar-refractivity contribution < 1.29 is 8.78 Å². The second-order valence-electron chi connectivity index (χ2n) is 13.5. The van der Waals surface area contributed by atoms with Gasteiger partial charge in [0.2, 0.25) is 0 Å². The maximum atomic E-state index is 13.9. The third-order valence-corrected chi connectivity index (χ3v) is 11.1. The Morgan fingerprint density at radius 1 is 1.00 bits per heavy atom. The third-order valence-electron chi connectivity index (χ3n) is 10.1. The molecule has 8 atom stereocenters. The van der Waals surface area contributed by atoms with E-state index in [4.69, 9.17) is 4.98 Å². The molecule has 4 bridgehead atoms. The Balaban J connectivity index is 1.23. The summed E-state index contributed by atoms with van der Waals surface area (Å²) in [5, 5.41) is 12.2. The van der Waals surface area contributed by atoms with Crippen LogP contribution in [-0.2, 0) is 0 Å². The number of hydrogen-bond donors (Lipinski definition) is 4. The summed E-state index contributed by atoms with van der Waals surface area (Å²) in [5.41, 5.74) is 2.43. The molecule has 5 aliphatic rings. The Labute approximate surface area is 243 Å². The lowest BCUT2D eigenvalue weighted by Crippen LogP contribution is -2.62. The second-order valence-corrected chi connectivity index (χ2v) is 14.6. The predicted molar refractivity (Wildman–Crippen MR) is 159 cm³/mol. The van der Waals surface area contributed by atoms with E-state index in [-0.39, 0.29) is 36.6 Å². The van der Waals surface area contributed by atoms with Gasteiger partial charge >= 0.3 is 0 Å². The number of aromatic nitrogens is 1. The van der Waals surface area contributed by atoms with Crippen LogP contribution in [-0.4, -0.2) is 58.2 Å². The van der Waals surface area contributed by atoms with Gasteiger partial charge < -0.3 is 0 Å². The Kier molecular flexibility index (Phi) is 8.88. The average Bonchev–Trinajstić information content (AvgIpc) is 3.25. The highest BCUT2D eigenvalue weighted by Crippen LogP contribution is 2.42. The molecule has 4 aliphatic heterocycles. The van der Waals surface area contributed by atoms with Crippen molar-refractivity contribution in [2.75, 3.05) is 13.1 Å². The van der Waals surface area contributed by atoms with E-state index in [1.807, 2.05) is 30.3 Å². The molecule has 5 heterocycles. The minimum Gasteiger partial charge on any atom is -0.295 e. The molecule has 6 rings (SSSR count). The smallest absolute Gasteiger partial charge is 0.251 e. The van der Waals surface area contributed by atoms with Crippen molar-refractivity contribution in [2.24, 2.45) is 11.8 Å². The summed E-state index contributed by atoms with van der Waals surface area (Å²) in [4.78, 5) is 7.48. The van der Waals surface area contributed by atoms with E-state index in [1.165, 1.54) is 31.3 Å². The van der Waals surface area contributed by atoms with Gasteiger partial charge in [0.05, 0.1) is 29.4 Å². The first kappa shape index (κ1) is 29.0. The van der Waals surface area contributed by atoms with E-state index < -0.39 is 5.92 Å². The number of nitrogens with zero attached hydrogens (tertiary/aromatic N) is 2. The fraction of sp³-hybridized carbons (Fsp3) is 0.774. The van der Waals surface area contributed by atoms with E-state index in [0.717, 1.165) is 44.5 Å². The molecule has 0 saturated carbocycles. The van der Waals surface area contributed by atoms with E-state index in [0.29, 0.717) is 29.8 Å². The van der Waals surface area contributed by atoms with Crippen molar-refractivity contribution in [3.8, 4) is 0 Å². The molecule has 9 heteroatoms. The van der Waals surface area contributed by atoms with Crippen LogP contribution >= 0.6 is 11.9 Å². The van der Waals surface area contributed by atoms with Crippen LogP contribution in [0, 0.1) is 11.8 Å². The quantitative estimate of drug-likeness (QED) is 0.267. The van der Waals surface area contributed by atoms with Gasteiger partial charge in [-0.25, -0.2) is 8.78 Å². The Morgan fingerprint density at radius 2 is 1.88 bits per heavy atom. The molecule has 1 aromatic rings. The van der Waals surface area contributed by atoms with Crippen LogP contribution in [0.25, 0.3) is 0 Å². The summed E-state index contributed by atoms with van der Waals surface area (Å²) in [5.74, 6) is -1.43. The Hall–Kier alpha value is -1.10. The molecule has 0 amide bonds. The van der Waals surface area contributed by atoms with Crippen LogP contribution in [0.4, 0.5) is 8.78 Å². The average molecular weight is 575 g/mol. The number of hydrogen-bond acceptors (Lipinski definition) is 7. The summed E-state index contributed by atoms with van der Waals surface area (Å²) in [7, 11) is 0. The lowest BCUT2D eigenvalue weighted by atomic mass is 9.83. The number of fused-ring (bicyclic) bond motifs is 6. The molecule has 40 heavy (non-hydrogen) atoms. The van der Waals surface area contributed by atoms with Crippen LogP contribution in [0.3, 0.4) is 0 Å². The zero-order valence-electron chi connectivity index (χ0n) is 24.2. The van der Waals surface area contributed by atoms with Crippen molar-refractivity contribution in [2.45, 2.75) is 126 Å². The van der Waals surface area contributed by atoms with Gasteiger partial charge in [0, 0.05) is 49.6 Å². The van der Waals surface area contributed by atoms with E-state index in [1.54, 1.807) is 0 Å². The summed E-state index contributed by atoms with van der Waals surface area (Å²) in [6.45, 7) is 6.85. The van der Waals surface area contributed by atoms with Crippen molar-refractivity contribution >= 4 is 11.9 Å². The first-order chi connectivity index (χ1) is 19.3. The van der Waals surface area contributed by atoms with Crippen LogP contribution in [0.2, 0.25) is 0 Å². The largest absolute Gasteiger partial charge is 0.295 e. The van der Waals surface area contributed by atoms with Crippen molar-refractivity contribution in [3.63, 3.8) is 0 Å². The second kappa shape index (κ2) is 12.3. The molecule has 6 unspecified atom stereocenters. The standard InChI is InChI=1S/C31H48F2N6S/c1-30(2)18-21-9-11-26(25-6-3-4-17-34-25)36-27-7-5-8-28(38-27)40-35-19-23-10-12-24(37-29(23)39(30)20-21)22-13-15-31(32,33)16-14-22/h3-4,6,13,17,21,23-24,26-29,35-38H,5,7-12,14-16,18-20H2,1-2H3/t21-,23?,24?,26+,27?,28?,29?/m0/s1. The van der Waals surface area contributed by atoms with Crippen molar-refractivity contribution in [1.82, 2.24) is 30.6 Å². The summed E-state index contributed by atoms with van der Waals surface area (Å²) in [6, 6.07) is 6.71. The first-order valence-corrected chi connectivity index (χ1v) is 16.5. The number of alkyl halides is 2. The summed E-state index contributed by atoms with van der Waals surface area (Å²) in [6.07, 6.45) is 13.8. The third kappa shape index (κ3) is 6.76. The van der Waals surface area contributed by atoms with Gasteiger partial charge in [0.1, 0.15) is 0 Å². The molecule has 1 aromatic heterocycles. The molecule has 4 fully saturated rings. The molecule has 6 nitrogen and oxygen atoms in total. The van der Waals surface area contributed by atoms with Crippen LogP contribution < -0.4 is 20.7 Å². The predicted octanol–water partition coefficient (Wildman–Crippen LogP) is 5.71. The Bertz CT molecular complexity index is 1020. The monoisotopic (exact) mass is 574 g/mol. The topological polar surface area (TPSA) is 64.2 Å². The zero-order valence-corrected chi connectivity index (χ0v) is 25.0. The number of allylic oxidation sites excluding steroid dienone is 1. The SMILES string of the molecule is CC1(C)C[C@@H]2CC[C@H](c3ccccn3)NC3CCCC(N3)SNCC3CCC(C4=CCC(F)(F)CC4)NC3N1C2. The number of nitrogens with one attached hydrogen (secondary N) is 4. The lowest BCUT2D eigenvalue weighted by Gasteiger charge is -2.48. The molecular formula is C31H48F2N6S. The van der Waals surface area contributed by atoms with Gasteiger partial charge in [-0.1, -0.05) is 29.7 Å². The molecule has 0 aromatic carbocycles. The number of halogens is 2. The van der Waals surface area contributed by atoms with Gasteiger partial charge in [-0.15, -0.1) is 0 Å². The van der Waals surface area contributed by atoms with E-state index in [2.05, 4.69) is 51.6 Å². The molecule has 4 saturated heterocycles. The maximum absolute atomic E-state index is 13.9. The fourth-order valence-electron chi connectivity index (χ4n) is 7.96. The summed E-state index contributed by atoms with van der Waals surface area (Å²) >= 11 is 1.85. The first-order valence-electron chi connectivity index (χ1n) is 15.7. The van der Waals surface area contributed by atoms with Crippen LogP contribution in [0.15, 0.2) is 36.0 Å². The molecular weight excluding hydrogens is 526 g/mol. The number of rotatable bonds is 2. The van der Waals surface area contributed by atoms with Crippen LogP contribution in [0.1, 0.15) is 96.2 Å². The minimum atomic E-state index is -2.54.